The van der Waals surface area contributed by atoms with Gasteiger partial charge in [-0.25, -0.2) is 0 Å². The number of aromatic nitrogens is 1. The van der Waals surface area contributed by atoms with Crippen molar-refractivity contribution in [3.63, 3.8) is 0 Å². The largest absolute Gasteiger partial charge is 0.536 e. The number of carbonyl (C=O) groups excluding carboxylic acids is 1. The molecule has 0 radical (unpaired) electrons. The summed E-state index contributed by atoms with van der Waals surface area (Å²) in [7, 11) is -0.739. The third-order valence-corrected chi connectivity index (χ3v) is 4.37. The van der Waals surface area contributed by atoms with Crippen molar-refractivity contribution in [2.45, 2.75) is 18.8 Å². The number of amides is 1. The fourth-order valence-electron chi connectivity index (χ4n) is 3.13. The van der Waals surface area contributed by atoms with E-state index in [-0.39, 0.29) is 17.9 Å². The number of likely N-dealkylation sites (tertiary alicyclic amines) is 1. The van der Waals surface area contributed by atoms with E-state index < -0.39 is 7.12 Å². The second-order valence-corrected chi connectivity index (χ2v) is 6.04. The van der Waals surface area contributed by atoms with E-state index in [0.717, 1.165) is 12.2 Å². The van der Waals surface area contributed by atoms with Crippen LogP contribution in [0.3, 0.4) is 0 Å². The average molecular weight is 312 g/mol. The van der Waals surface area contributed by atoms with E-state index >= 15 is 0 Å². The van der Waals surface area contributed by atoms with Crippen molar-refractivity contribution in [2.75, 3.05) is 13.1 Å². The van der Waals surface area contributed by atoms with Crippen LogP contribution in [0, 0.1) is 5.92 Å². The predicted molar refractivity (Wildman–Crippen MR) is 83.2 cm³/mol. The normalized spacial score (nSPS) is 23.4. The Morgan fingerprint density at radius 1 is 1.43 bits per heavy atom. The van der Waals surface area contributed by atoms with Crippen molar-refractivity contribution < 1.29 is 19.2 Å². The van der Waals surface area contributed by atoms with Gasteiger partial charge in [0.25, 0.3) is 5.91 Å². The first-order valence-electron chi connectivity index (χ1n) is 7.83. The molecule has 23 heavy (non-hydrogen) atoms. The van der Waals surface area contributed by atoms with E-state index in [1.807, 2.05) is 12.2 Å². The summed E-state index contributed by atoms with van der Waals surface area (Å²) < 4.78 is 11.4. The summed E-state index contributed by atoms with van der Waals surface area (Å²) in [6, 6.07) is 5.30. The number of pyridine rings is 1. The second kappa shape index (κ2) is 5.74. The molecule has 2 aliphatic heterocycles. The minimum atomic E-state index is -0.739. The topological polar surface area (TPSA) is 71.9 Å². The summed E-state index contributed by atoms with van der Waals surface area (Å²) in [4.78, 5) is 18.0. The van der Waals surface area contributed by atoms with Gasteiger partial charge >= 0.3 is 7.12 Å². The van der Waals surface area contributed by atoms with E-state index in [2.05, 4.69) is 4.98 Å². The fourth-order valence-corrected chi connectivity index (χ4v) is 3.13. The molecule has 1 amide bonds. The van der Waals surface area contributed by atoms with E-state index in [4.69, 9.17) is 9.39 Å². The molecule has 3 aliphatic rings. The predicted octanol–water partition coefficient (Wildman–Crippen LogP) is 1.22. The van der Waals surface area contributed by atoms with Crippen molar-refractivity contribution in [1.82, 2.24) is 9.88 Å². The van der Waals surface area contributed by atoms with Gasteiger partial charge in [-0.2, -0.15) is 0 Å². The van der Waals surface area contributed by atoms with Crippen LogP contribution in [-0.4, -0.2) is 47.1 Å². The van der Waals surface area contributed by atoms with Crippen molar-refractivity contribution in [3.8, 4) is 0 Å². The smallest absolute Gasteiger partial charge is 0.523 e. The number of rotatable bonds is 3. The van der Waals surface area contributed by atoms with E-state index in [1.54, 1.807) is 29.3 Å². The molecule has 1 aromatic rings. The molecule has 1 aliphatic carbocycles. The molecule has 1 N–H and O–H groups in total. The van der Waals surface area contributed by atoms with Crippen molar-refractivity contribution in [1.29, 1.82) is 0 Å². The van der Waals surface area contributed by atoms with Crippen LogP contribution in [0.2, 0.25) is 6.32 Å². The summed E-state index contributed by atoms with van der Waals surface area (Å²) >= 11 is 0. The Kier molecular flexibility index (Phi) is 3.57. The van der Waals surface area contributed by atoms with Crippen LogP contribution in [0.1, 0.15) is 16.9 Å². The highest BCUT2D eigenvalue weighted by Crippen LogP contribution is 2.37. The van der Waals surface area contributed by atoms with E-state index in [9.17, 15) is 9.82 Å². The Balaban J connectivity index is 1.37. The van der Waals surface area contributed by atoms with Crippen LogP contribution in [0.5, 0.6) is 0 Å². The van der Waals surface area contributed by atoms with Crippen LogP contribution in [0.4, 0.5) is 0 Å². The Morgan fingerprint density at radius 2 is 2.30 bits per heavy atom. The maximum Gasteiger partial charge on any atom is 0.523 e. The molecule has 4 rings (SSSR count). The Hall–Kier alpha value is -2.28. The minimum absolute atomic E-state index is 0.0464. The van der Waals surface area contributed by atoms with Crippen molar-refractivity contribution >= 4 is 13.0 Å². The molecule has 1 unspecified atom stereocenters. The number of fused-ring (bicyclic) bond motifs is 1. The molecule has 2 saturated heterocycles. The Morgan fingerprint density at radius 3 is 3.09 bits per heavy atom. The molecule has 3 heterocycles. The highest BCUT2D eigenvalue weighted by atomic mass is 16.6. The molecule has 0 saturated carbocycles. The molecule has 2 fully saturated rings. The third kappa shape index (κ3) is 2.72. The van der Waals surface area contributed by atoms with Gasteiger partial charge < -0.3 is 19.3 Å². The first-order chi connectivity index (χ1) is 11.2. The number of hydrogen-bond donors (Lipinski definition) is 1. The average Bonchev–Trinajstić information content (AvgIpc) is 2.91. The lowest BCUT2D eigenvalue weighted by molar-refractivity contribution is -0.0132. The molecular weight excluding hydrogens is 295 g/mol. The molecule has 1 atom stereocenters. The Bertz CT molecular complexity index is 670. The van der Waals surface area contributed by atoms with Gasteiger partial charge in [-0.15, -0.1) is 0 Å². The molecule has 6 nitrogen and oxygen atoms in total. The summed E-state index contributed by atoms with van der Waals surface area (Å²) in [6.45, 7) is 1.07. The van der Waals surface area contributed by atoms with Crippen LogP contribution in [-0.2, 0) is 9.39 Å². The number of hydrogen-bond acceptors (Lipinski definition) is 5. The summed E-state index contributed by atoms with van der Waals surface area (Å²) in [6.07, 6.45) is 6.99. The second-order valence-electron chi connectivity index (χ2n) is 6.04. The zero-order valence-electron chi connectivity index (χ0n) is 12.6. The third-order valence-electron chi connectivity index (χ3n) is 4.37. The van der Waals surface area contributed by atoms with Gasteiger partial charge in [0.2, 0.25) is 0 Å². The molecule has 7 heteroatoms. The highest BCUT2D eigenvalue weighted by Gasteiger charge is 2.40. The molecule has 0 aromatic carbocycles. The molecule has 1 aromatic heterocycles. The van der Waals surface area contributed by atoms with Crippen LogP contribution in [0.25, 0.3) is 0 Å². The standard InChI is InChI=1S/C16H17BN2O4/c20-16(13-5-1-2-7-18-13)19-9-12(10-19)22-14-6-3-4-11-8-17(21)23-15(11)14/h1-3,5-7,11-12,21H,4,8-10H2. The molecular formula is C16H17BN2O4. The number of ether oxygens (including phenoxy) is 1. The maximum absolute atomic E-state index is 12.2. The summed E-state index contributed by atoms with van der Waals surface area (Å²) in [5, 5.41) is 9.62. The Labute approximate surface area is 134 Å². The molecule has 0 bridgehead atoms. The molecule has 118 valence electrons. The quantitative estimate of drug-likeness (QED) is 0.850. The number of carbonyl (C=O) groups is 1. The minimum Gasteiger partial charge on any atom is -0.536 e. The van der Waals surface area contributed by atoms with Crippen LogP contribution in [0.15, 0.2) is 48.1 Å². The first kappa shape index (κ1) is 14.3. The highest BCUT2D eigenvalue weighted by molar-refractivity contribution is 6.44. The van der Waals surface area contributed by atoms with Crippen molar-refractivity contribution in [3.05, 3.63) is 53.8 Å². The van der Waals surface area contributed by atoms with Gasteiger partial charge in [-0.3, -0.25) is 9.78 Å². The van der Waals surface area contributed by atoms with Crippen molar-refractivity contribution in [2.24, 2.45) is 5.92 Å². The monoisotopic (exact) mass is 312 g/mol. The zero-order chi connectivity index (χ0) is 15.8. The lowest BCUT2D eigenvalue weighted by atomic mass is 9.79. The number of allylic oxidation sites excluding steroid dienone is 3. The van der Waals surface area contributed by atoms with Gasteiger partial charge in [0.1, 0.15) is 17.6 Å². The van der Waals surface area contributed by atoms with E-state index in [0.29, 0.717) is 30.9 Å². The van der Waals surface area contributed by atoms with Gasteiger partial charge in [-0.05, 0) is 24.6 Å². The van der Waals surface area contributed by atoms with E-state index in [1.165, 1.54) is 0 Å². The van der Waals surface area contributed by atoms with Crippen LogP contribution >= 0.6 is 0 Å². The van der Waals surface area contributed by atoms with Gasteiger partial charge in [0, 0.05) is 18.4 Å². The number of nitrogens with zero attached hydrogens (tertiary/aromatic N) is 2. The lowest BCUT2D eigenvalue weighted by Gasteiger charge is -2.39. The SMILES string of the molecule is O=C(c1ccccn1)N1CC(OC2=C3OB(O)CC3CC=C2)C1. The fraction of sp³-hybridized carbons (Fsp3) is 0.375. The maximum atomic E-state index is 12.2. The first-order valence-corrected chi connectivity index (χ1v) is 7.83. The lowest BCUT2D eigenvalue weighted by Crippen LogP contribution is -2.54. The van der Waals surface area contributed by atoms with Crippen LogP contribution < -0.4 is 0 Å². The van der Waals surface area contributed by atoms with Gasteiger partial charge in [-0.1, -0.05) is 12.1 Å². The van der Waals surface area contributed by atoms with Gasteiger partial charge in [0.05, 0.1) is 13.1 Å². The molecule has 0 spiro atoms. The summed E-state index contributed by atoms with van der Waals surface area (Å²) in [5.74, 6) is 1.56. The summed E-state index contributed by atoms with van der Waals surface area (Å²) in [5.41, 5.74) is 0.452. The zero-order valence-corrected chi connectivity index (χ0v) is 12.6. The van der Waals surface area contributed by atoms with Gasteiger partial charge in [0.15, 0.2) is 5.76 Å².